The normalized spacial score (nSPS) is 11.4. The van der Waals surface area contributed by atoms with Gasteiger partial charge < -0.3 is 4.42 Å². The SMILES string of the molecule is c1ccc(-c2ccc3oc4c5ccccc5c(-c5cccc(-c6ccc(-c7nc(-c8ccccc8)nc(-c8ccccc8)n7)cc6)c5)cc4c3c2)cc1. The molecule has 0 aliphatic rings. The van der Waals surface area contributed by atoms with Crippen molar-refractivity contribution in [2.75, 3.05) is 0 Å². The van der Waals surface area contributed by atoms with E-state index in [0.29, 0.717) is 17.5 Å². The van der Waals surface area contributed by atoms with Gasteiger partial charge in [0, 0.05) is 32.8 Å². The molecule has 10 aromatic rings. The topological polar surface area (TPSA) is 51.8 Å². The second-order valence-corrected chi connectivity index (χ2v) is 13.2. The van der Waals surface area contributed by atoms with E-state index in [0.717, 1.165) is 66.1 Å². The molecule has 0 radical (unpaired) electrons. The van der Waals surface area contributed by atoms with E-state index in [4.69, 9.17) is 19.4 Å². The summed E-state index contributed by atoms with van der Waals surface area (Å²) >= 11 is 0. The fourth-order valence-corrected chi connectivity index (χ4v) is 7.26. The Hall–Kier alpha value is -7.17. The number of rotatable bonds is 6. The molecule has 0 fully saturated rings. The minimum atomic E-state index is 0.639. The average molecular weight is 678 g/mol. The minimum absolute atomic E-state index is 0.639. The maximum absolute atomic E-state index is 6.54. The molecule has 0 atom stereocenters. The molecule has 0 aliphatic heterocycles. The summed E-state index contributed by atoms with van der Waals surface area (Å²) in [4.78, 5) is 14.7. The Morgan fingerprint density at radius 2 is 0.736 bits per heavy atom. The van der Waals surface area contributed by atoms with Gasteiger partial charge in [0.15, 0.2) is 17.5 Å². The van der Waals surface area contributed by atoms with Crippen molar-refractivity contribution in [2.45, 2.75) is 0 Å². The van der Waals surface area contributed by atoms with Crippen molar-refractivity contribution in [3.05, 3.63) is 188 Å². The van der Waals surface area contributed by atoms with E-state index in [1.807, 2.05) is 60.7 Å². The molecule has 53 heavy (non-hydrogen) atoms. The molecule has 4 heteroatoms. The van der Waals surface area contributed by atoms with E-state index in [9.17, 15) is 0 Å². The fraction of sp³-hybridized carbons (Fsp3) is 0. The van der Waals surface area contributed by atoms with Gasteiger partial charge >= 0.3 is 0 Å². The maximum atomic E-state index is 6.54. The number of nitrogens with zero attached hydrogens (tertiary/aromatic N) is 3. The van der Waals surface area contributed by atoms with Crippen molar-refractivity contribution in [2.24, 2.45) is 0 Å². The van der Waals surface area contributed by atoms with Gasteiger partial charge in [-0.3, -0.25) is 0 Å². The third-order valence-electron chi connectivity index (χ3n) is 9.93. The van der Waals surface area contributed by atoms with Crippen LogP contribution < -0.4 is 0 Å². The van der Waals surface area contributed by atoms with E-state index in [2.05, 4.69) is 127 Å². The highest BCUT2D eigenvalue weighted by Crippen LogP contribution is 2.41. The van der Waals surface area contributed by atoms with E-state index >= 15 is 0 Å². The van der Waals surface area contributed by atoms with Gasteiger partial charge in [0.2, 0.25) is 0 Å². The molecule has 2 heterocycles. The Bertz CT molecular complexity index is 2860. The minimum Gasteiger partial charge on any atom is -0.455 e. The van der Waals surface area contributed by atoms with Crippen LogP contribution >= 0.6 is 0 Å². The molecule has 0 amide bonds. The molecule has 0 saturated carbocycles. The summed E-state index contributed by atoms with van der Waals surface area (Å²) in [5.41, 5.74) is 11.6. The summed E-state index contributed by atoms with van der Waals surface area (Å²) in [6.07, 6.45) is 0. The Morgan fingerprint density at radius 3 is 1.38 bits per heavy atom. The molecule has 0 spiro atoms. The molecule has 0 bridgehead atoms. The first-order valence-corrected chi connectivity index (χ1v) is 17.8. The molecule has 248 valence electrons. The van der Waals surface area contributed by atoms with Crippen LogP contribution in [0.15, 0.2) is 192 Å². The molecule has 2 aromatic heterocycles. The van der Waals surface area contributed by atoms with Crippen LogP contribution in [0.1, 0.15) is 0 Å². The van der Waals surface area contributed by atoms with Gasteiger partial charge in [-0.1, -0.05) is 164 Å². The lowest BCUT2D eigenvalue weighted by molar-refractivity contribution is 0.673. The number of hydrogen-bond acceptors (Lipinski definition) is 4. The zero-order chi connectivity index (χ0) is 35.1. The van der Waals surface area contributed by atoms with Crippen molar-refractivity contribution in [3.8, 4) is 67.5 Å². The third-order valence-corrected chi connectivity index (χ3v) is 9.93. The van der Waals surface area contributed by atoms with E-state index in [1.165, 1.54) is 16.7 Å². The van der Waals surface area contributed by atoms with Gasteiger partial charge in [0.25, 0.3) is 0 Å². The van der Waals surface area contributed by atoms with Crippen LogP contribution in [0.25, 0.3) is 100 Å². The van der Waals surface area contributed by atoms with Crippen molar-refractivity contribution in [1.82, 2.24) is 15.0 Å². The van der Waals surface area contributed by atoms with Gasteiger partial charge in [-0.25, -0.2) is 15.0 Å². The Morgan fingerprint density at radius 1 is 0.283 bits per heavy atom. The summed E-state index contributed by atoms with van der Waals surface area (Å²) < 4.78 is 6.54. The van der Waals surface area contributed by atoms with E-state index in [1.54, 1.807) is 0 Å². The van der Waals surface area contributed by atoms with Crippen LogP contribution in [0.4, 0.5) is 0 Å². The Balaban J connectivity index is 1.05. The molecule has 0 saturated heterocycles. The van der Waals surface area contributed by atoms with Gasteiger partial charge in [-0.05, 0) is 63.0 Å². The molecule has 4 nitrogen and oxygen atoms in total. The second-order valence-electron chi connectivity index (χ2n) is 13.2. The predicted molar refractivity (Wildman–Crippen MR) is 217 cm³/mol. The highest BCUT2D eigenvalue weighted by molar-refractivity contribution is 6.19. The van der Waals surface area contributed by atoms with Crippen LogP contribution in [0.3, 0.4) is 0 Å². The van der Waals surface area contributed by atoms with E-state index < -0.39 is 0 Å². The predicted octanol–water partition coefficient (Wildman–Crippen LogP) is 12.9. The lowest BCUT2D eigenvalue weighted by Crippen LogP contribution is -2.00. The van der Waals surface area contributed by atoms with Gasteiger partial charge in [0.1, 0.15) is 11.2 Å². The standard InChI is InChI=1S/C49H31N3O/c1-4-13-32(14-5-1)38-27-28-45-43(30-38)44-31-42(40-21-10-11-22-41(40)46(44)53-45)39-20-12-19-37(29-39)33-23-25-36(26-24-33)49-51-47(34-15-6-2-7-16-34)50-48(52-49)35-17-8-3-9-18-35/h1-31H. The molecular weight excluding hydrogens is 647 g/mol. The van der Waals surface area contributed by atoms with Crippen LogP contribution in [0.2, 0.25) is 0 Å². The summed E-state index contributed by atoms with van der Waals surface area (Å²) in [6.45, 7) is 0. The Kier molecular flexibility index (Phi) is 7.43. The van der Waals surface area contributed by atoms with Crippen molar-refractivity contribution in [1.29, 1.82) is 0 Å². The molecular formula is C49H31N3O. The van der Waals surface area contributed by atoms with Crippen LogP contribution in [0, 0.1) is 0 Å². The number of benzene rings is 8. The van der Waals surface area contributed by atoms with Gasteiger partial charge in [-0.15, -0.1) is 0 Å². The van der Waals surface area contributed by atoms with Gasteiger partial charge in [0.05, 0.1) is 0 Å². The highest BCUT2D eigenvalue weighted by Gasteiger charge is 2.17. The average Bonchev–Trinajstić information content (AvgIpc) is 3.62. The summed E-state index contributed by atoms with van der Waals surface area (Å²) in [5.74, 6) is 1.94. The third kappa shape index (κ3) is 5.63. The van der Waals surface area contributed by atoms with Crippen molar-refractivity contribution >= 4 is 32.7 Å². The second kappa shape index (κ2) is 12.9. The first-order chi connectivity index (χ1) is 26.2. The molecule has 10 rings (SSSR count). The van der Waals surface area contributed by atoms with Crippen LogP contribution in [-0.4, -0.2) is 15.0 Å². The molecule has 0 N–H and O–H groups in total. The molecule has 0 unspecified atom stereocenters. The number of furan rings is 1. The van der Waals surface area contributed by atoms with Crippen molar-refractivity contribution in [3.63, 3.8) is 0 Å². The van der Waals surface area contributed by atoms with Gasteiger partial charge in [-0.2, -0.15) is 0 Å². The van der Waals surface area contributed by atoms with Crippen molar-refractivity contribution < 1.29 is 4.42 Å². The van der Waals surface area contributed by atoms with Crippen LogP contribution in [-0.2, 0) is 0 Å². The Labute approximate surface area is 306 Å². The quantitative estimate of drug-likeness (QED) is 0.176. The fourth-order valence-electron chi connectivity index (χ4n) is 7.26. The molecule has 0 aliphatic carbocycles. The zero-order valence-corrected chi connectivity index (χ0v) is 28.6. The lowest BCUT2D eigenvalue weighted by Gasteiger charge is -2.11. The zero-order valence-electron chi connectivity index (χ0n) is 28.6. The first-order valence-electron chi connectivity index (χ1n) is 17.8. The number of hydrogen-bond donors (Lipinski definition) is 0. The maximum Gasteiger partial charge on any atom is 0.164 e. The lowest BCUT2D eigenvalue weighted by atomic mass is 9.93. The molecule has 8 aromatic carbocycles. The summed E-state index contributed by atoms with van der Waals surface area (Å²) in [6, 6.07) is 65.3. The van der Waals surface area contributed by atoms with Crippen LogP contribution in [0.5, 0.6) is 0 Å². The number of fused-ring (bicyclic) bond motifs is 5. The smallest absolute Gasteiger partial charge is 0.164 e. The largest absolute Gasteiger partial charge is 0.455 e. The first kappa shape index (κ1) is 30.6. The summed E-state index contributed by atoms with van der Waals surface area (Å²) in [7, 11) is 0. The monoisotopic (exact) mass is 677 g/mol. The highest BCUT2D eigenvalue weighted by atomic mass is 16.3. The summed E-state index contributed by atoms with van der Waals surface area (Å²) in [5, 5.41) is 4.50. The number of aromatic nitrogens is 3. The van der Waals surface area contributed by atoms with E-state index in [-0.39, 0.29) is 0 Å².